The van der Waals surface area contributed by atoms with Crippen LogP contribution in [0.15, 0.2) is 24.3 Å². The molecule has 0 spiro atoms. The third-order valence-corrected chi connectivity index (χ3v) is 3.69. The molecule has 0 aromatic heterocycles. The van der Waals surface area contributed by atoms with E-state index in [1.54, 1.807) is 7.11 Å². The van der Waals surface area contributed by atoms with Crippen LogP contribution in [0.2, 0.25) is 0 Å². The molecule has 0 aliphatic carbocycles. The molecule has 19 heavy (non-hydrogen) atoms. The van der Waals surface area contributed by atoms with Gasteiger partial charge in [0, 0.05) is 12.5 Å². The molecule has 1 amide bonds. The molecule has 1 fully saturated rings. The maximum atomic E-state index is 12.1. The van der Waals surface area contributed by atoms with E-state index in [1.165, 1.54) is 0 Å². The molecule has 0 unspecified atom stereocenters. The van der Waals surface area contributed by atoms with E-state index in [2.05, 4.69) is 17.3 Å². The van der Waals surface area contributed by atoms with Gasteiger partial charge in [-0.15, -0.1) is 0 Å². The van der Waals surface area contributed by atoms with Gasteiger partial charge in [0.25, 0.3) is 0 Å². The van der Waals surface area contributed by atoms with Crippen molar-refractivity contribution in [2.45, 2.75) is 19.4 Å². The molecule has 0 radical (unpaired) electrons. The van der Waals surface area contributed by atoms with Crippen LogP contribution in [0.5, 0.6) is 5.75 Å². The number of nitrogens with zero attached hydrogens (tertiary/aromatic N) is 1. The fourth-order valence-corrected chi connectivity index (χ4v) is 2.39. The van der Waals surface area contributed by atoms with E-state index in [9.17, 15) is 4.79 Å². The molecule has 1 N–H and O–H groups in total. The second-order valence-corrected chi connectivity index (χ2v) is 5.15. The van der Waals surface area contributed by atoms with Crippen LogP contribution in [-0.2, 0) is 11.3 Å². The Morgan fingerprint density at radius 3 is 2.84 bits per heavy atom. The number of carbonyl (C=O) groups excluding carboxylic acids is 1. The lowest BCUT2D eigenvalue weighted by Gasteiger charge is -2.28. The number of amides is 1. The summed E-state index contributed by atoms with van der Waals surface area (Å²) in [5.74, 6) is 1.17. The highest BCUT2D eigenvalue weighted by Crippen LogP contribution is 2.17. The summed E-state index contributed by atoms with van der Waals surface area (Å²) >= 11 is 0. The molecule has 104 valence electrons. The van der Waals surface area contributed by atoms with Crippen molar-refractivity contribution in [2.75, 3.05) is 27.2 Å². The fraction of sp³-hybridized carbons (Fsp3) is 0.533. The van der Waals surface area contributed by atoms with E-state index in [-0.39, 0.29) is 11.8 Å². The first-order chi connectivity index (χ1) is 9.19. The highest BCUT2D eigenvalue weighted by molar-refractivity contribution is 5.78. The van der Waals surface area contributed by atoms with Crippen molar-refractivity contribution >= 4 is 5.91 Å². The number of nitrogens with one attached hydrogen (secondary N) is 1. The van der Waals surface area contributed by atoms with Crippen LogP contribution in [0.3, 0.4) is 0 Å². The van der Waals surface area contributed by atoms with Gasteiger partial charge in [-0.25, -0.2) is 0 Å². The van der Waals surface area contributed by atoms with Gasteiger partial charge in [0.2, 0.25) is 5.91 Å². The van der Waals surface area contributed by atoms with Crippen molar-refractivity contribution in [1.82, 2.24) is 10.2 Å². The molecule has 0 bridgehead atoms. The van der Waals surface area contributed by atoms with Crippen LogP contribution in [0.25, 0.3) is 0 Å². The van der Waals surface area contributed by atoms with Gasteiger partial charge < -0.3 is 15.0 Å². The lowest BCUT2D eigenvalue weighted by atomic mass is 9.96. The van der Waals surface area contributed by atoms with E-state index in [1.807, 2.05) is 24.3 Å². The largest absolute Gasteiger partial charge is 0.497 e. The number of likely N-dealkylation sites (tertiary alicyclic amines) is 1. The molecule has 1 saturated heterocycles. The summed E-state index contributed by atoms with van der Waals surface area (Å²) in [6, 6.07) is 7.80. The van der Waals surface area contributed by atoms with Gasteiger partial charge in [0.05, 0.1) is 7.11 Å². The predicted molar refractivity (Wildman–Crippen MR) is 75.1 cm³/mol. The first kappa shape index (κ1) is 13.9. The van der Waals surface area contributed by atoms with Crippen molar-refractivity contribution < 1.29 is 9.53 Å². The number of rotatable bonds is 4. The molecule has 4 heteroatoms. The molecule has 1 aromatic carbocycles. The Bertz CT molecular complexity index is 426. The zero-order valence-corrected chi connectivity index (χ0v) is 11.7. The van der Waals surface area contributed by atoms with Crippen molar-refractivity contribution in [1.29, 1.82) is 0 Å². The zero-order chi connectivity index (χ0) is 13.7. The zero-order valence-electron chi connectivity index (χ0n) is 11.7. The molecular weight excluding hydrogens is 240 g/mol. The second-order valence-electron chi connectivity index (χ2n) is 5.15. The van der Waals surface area contributed by atoms with E-state index in [0.717, 1.165) is 37.2 Å². The Labute approximate surface area is 114 Å². The molecule has 1 heterocycles. The quantitative estimate of drug-likeness (QED) is 0.897. The van der Waals surface area contributed by atoms with Crippen LogP contribution in [0.4, 0.5) is 0 Å². The lowest BCUT2D eigenvalue weighted by molar-refractivity contribution is -0.126. The van der Waals surface area contributed by atoms with E-state index < -0.39 is 0 Å². The summed E-state index contributed by atoms with van der Waals surface area (Å²) in [6.45, 7) is 2.59. The van der Waals surface area contributed by atoms with Crippen LogP contribution in [0, 0.1) is 5.92 Å². The lowest BCUT2D eigenvalue weighted by Crippen LogP contribution is -2.38. The number of piperidine rings is 1. The third-order valence-electron chi connectivity index (χ3n) is 3.69. The van der Waals surface area contributed by atoms with Crippen molar-refractivity contribution in [3.05, 3.63) is 29.8 Å². The molecular formula is C15H22N2O2. The van der Waals surface area contributed by atoms with Gasteiger partial charge >= 0.3 is 0 Å². The standard InChI is InChI=1S/C15H22N2O2/c1-17-8-6-13(7-9-17)15(18)16-11-12-4-3-5-14(10-12)19-2/h3-5,10,13H,6-9,11H2,1-2H3,(H,16,18). The minimum atomic E-state index is 0.168. The van der Waals surface area contributed by atoms with Crippen molar-refractivity contribution in [2.24, 2.45) is 5.92 Å². The van der Waals surface area contributed by atoms with Crippen LogP contribution in [0.1, 0.15) is 18.4 Å². The van der Waals surface area contributed by atoms with Gasteiger partial charge in [0.1, 0.15) is 5.75 Å². The van der Waals surface area contributed by atoms with Gasteiger partial charge in [-0.05, 0) is 50.7 Å². The van der Waals surface area contributed by atoms with Crippen molar-refractivity contribution in [3.63, 3.8) is 0 Å². The molecule has 0 atom stereocenters. The van der Waals surface area contributed by atoms with Crippen molar-refractivity contribution in [3.8, 4) is 5.75 Å². The Balaban J connectivity index is 1.82. The Morgan fingerprint density at radius 2 is 2.16 bits per heavy atom. The number of hydrogen-bond donors (Lipinski definition) is 1. The summed E-state index contributed by atoms with van der Waals surface area (Å²) < 4.78 is 5.17. The number of carbonyl (C=O) groups is 1. The minimum absolute atomic E-state index is 0.168. The van der Waals surface area contributed by atoms with Gasteiger partial charge in [-0.1, -0.05) is 12.1 Å². The SMILES string of the molecule is COc1cccc(CNC(=O)C2CCN(C)CC2)c1. The smallest absolute Gasteiger partial charge is 0.223 e. The average Bonchev–Trinajstić information content (AvgIpc) is 2.46. The monoisotopic (exact) mass is 262 g/mol. The summed E-state index contributed by atoms with van der Waals surface area (Å²) in [6.07, 6.45) is 1.92. The average molecular weight is 262 g/mol. The summed E-state index contributed by atoms with van der Waals surface area (Å²) in [4.78, 5) is 14.3. The normalized spacial score (nSPS) is 17.2. The highest BCUT2D eigenvalue weighted by atomic mass is 16.5. The molecule has 0 saturated carbocycles. The first-order valence-corrected chi connectivity index (χ1v) is 6.78. The summed E-state index contributed by atoms with van der Waals surface area (Å²) in [7, 11) is 3.75. The number of ether oxygens (including phenoxy) is 1. The first-order valence-electron chi connectivity index (χ1n) is 6.78. The minimum Gasteiger partial charge on any atom is -0.497 e. The van der Waals surface area contributed by atoms with Gasteiger partial charge in [-0.2, -0.15) is 0 Å². The maximum Gasteiger partial charge on any atom is 0.223 e. The van der Waals surface area contributed by atoms with E-state index in [4.69, 9.17) is 4.74 Å². The Morgan fingerprint density at radius 1 is 1.42 bits per heavy atom. The highest BCUT2D eigenvalue weighted by Gasteiger charge is 2.22. The molecule has 4 nitrogen and oxygen atoms in total. The molecule has 2 rings (SSSR count). The molecule has 1 aliphatic heterocycles. The fourth-order valence-electron chi connectivity index (χ4n) is 2.39. The van der Waals surface area contributed by atoms with E-state index in [0.29, 0.717) is 6.54 Å². The maximum absolute atomic E-state index is 12.1. The van der Waals surface area contributed by atoms with Crippen LogP contribution >= 0.6 is 0 Å². The number of methoxy groups -OCH3 is 1. The molecule has 1 aliphatic rings. The third kappa shape index (κ3) is 3.96. The summed E-state index contributed by atoms with van der Waals surface area (Å²) in [5.41, 5.74) is 1.07. The van der Waals surface area contributed by atoms with Gasteiger partial charge in [0.15, 0.2) is 0 Å². The number of hydrogen-bond acceptors (Lipinski definition) is 3. The van der Waals surface area contributed by atoms with Crippen LogP contribution in [-0.4, -0.2) is 38.1 Å². The molecule has 1 aromatic rings. The Hall–Kier alpha value is -1.55. The topological polar surface area (TPSA) is 41.6 Å². The number of benzene rings is 1. The van der Waals surface area contributed by atoms with Gasteiger partial charge in [-0.3, -0.25) is 4.79 Å². The Kier molecular flexibility index (Phi) is 4.80. The predicted octanol–water partition coefficient (Wildman–Crippen LogP) is 1.65. The second kappa shape index (κ2) is 6.57. The van der Waals surface area contributed by atoms with Crippen LogP contribution < -0.4 is 10.1 Å². The summed E-state index contributed by atoms with van der Waals surface area (Å²) in [5, 5.41) is 3.02. The van der Waals surface area contributed by atoms with E-state index >= 15 is 0 Å².